The number of rotatable bonds is 6. The summed E-state index contributed by atoms with van der Waals surface area (Å²) < 4.78 is 16.5. The Bertz CT molecular complexity index is 920. The second-order valence-corrected chi connectivity index (χ2v) is 7.26. The van der Waals surface area contributed by atoms with E-state index in [0.29, 0.717) is 11.7 Å². The highest BCUT2D eigenvalue weighted by Crippen LogP contribution is 2.36. The second kappa shape index (κ2) is 8.10. The van der Waals surface area contributed by atoms with E-state index in [1.807, 2.05) is 24.4 Å². The normalized spacial score (nSPS) is 17.6. The lowest BCUT2D eigenvalue weighted by Crippen LogP contribution is -2.34. The number of piperidine rings is 1. The molecule has 1 N–H and O–H groups in total. The fraction of sp³-hybridized carbons (Fsp3) is 0.409. The van der Waals surface area contributed by atoms with Crippen LogP contribution in [0.5, 0.6) is 17.2 Å². The highest BCUT2D eigenvalue weighted by Gasteiger charge is 2.24. The van der Waals surface area contributed by atoms with Crippen molar-refractivity contribution in [2.24, 2.45) is 0 Å². The molecule has 1 atom stereocenters. The zero-order valence-electron chi connectivity index (χ0n) is 16.7. The van der Waals surface area contributed by atoms with Crippen LogP contribution in [0.4, 0.5) is 0 Å². The van der Waals surface area contributed by atoms with Crippen LogP contribution in [0.3, 0.4) is 0 Å². The maximum absolute atomic E-state index is 5.60. The molecular formula is C22H27N3O3. The zero-order valence-corrected chi connectivity index (χ0v) is 16.7. The first-order valence-electron chi connectivity index (χ1n) is 9.66. The first-order chi connectivity index (χ1) is 13.7. The van der Waals surface area contributed by atoms with Gasteiger partial charge in [-0.15, -0.1) is 0 Å². The van der Waals surface area contributed by atoms with Crippen LogP contribution in [0.1, 0.15) is 30.0 Å². The Balaban J connectivity index is 1.53. The van der Waals surface area contributed by atoms with E-state index < -0.39 is 0 Å². The SMILES string of the molecule is COc1cc(OC)c(OC)cc1CN1CCCC(c2cc3cccnc3[nH]2)C1. The molecule has 4 rings (SSSR count). The molecule has 148 valence electrons. The summed E-state index contributed by atoms with van der Waals surface area (Å²) in [4.78, 5) is 10.4. The van der Waals surface area contributed by atoms with Crippen LogP contribution in [0.2, 0.25) is 0 Å². The van der Waals surface area contributed by atoms with Crippen molar-refractivity contribution in [1.29, 1.82) is 0 Å². The molecule has 6 heteroatoms. The Morgan fingerprint density at radius 1 is 1.07 bits per heavy atom. The third-order valence-corrected chi connectivity index (χ3v) is 5.54. The van der Waals surface area contributed by atoms with E-state index in [1.54, 1.807) is 21.3 Å². The van der Waals surface area contributed by atoms with Gasteiger partial charge in [-0.05, 0) is 43.7 Å². The van der Waals surface area contributed by atoms with Crippen LogP contribution in [0.25, 0.3) is 11.0 Å². The molecule has 1 fully saturated rings. The first kappa shape index (κ1) is 18.6. The molecule has 0 aliphatic carbocycles. The average Bonchev–Trinajstić information content (AvgIpc) is 3.18. The van der Waals surface area contributed by atoms with Gasteiger partial charge in [0.1, 0.15) is 11.4 Å². The van der Waals surface area contributed by atoms with E-state index in [2.05, 4.69) is 27.0 Å². The maximum atomic E-state index is 5.60. The molecule has 3 heterocycles. The van der Waals surface area contributed by atoms with Crippen molar-refractivity contribution >= 4 is 11.0 Å². The minimum atomic E-state index is 0.481. The van der Waals surface area contributed by atoms with Crippen molar-refractivity contribution in [3.05, 3.63) is 47.8 Å². The molecule has 1 aliphatic rings. The number of nitrogens with zero attached hydrogens (tertiary/aromatic N) is 2. The molecule has 1 aromatic carbocycles. The van der Waals surface area contributed by atoms with Crippen molar-refractivity contribution in [1.82, 2.24) is 14.9 Å². The third-order valence-electron chi connectivity index (χ3n) is 5.54. The highest BCUT2D eigenvalue weighted by molar-refractivity contribution is 5.76. The van der Waals surface area contributed by atoms with E-state index in [0.717, 1.165) is 42.3 Å². The van der Waals surface area contributed by atoms with Crippen molar-refractivity contribution in [2.45, 2.75) is 25.3 Å². The molecular weight excluding hydrogens is 354 g/mol. The van der Waals surface area contributed by atoms with Gasteiger partial charge in [-0.1, -0.05) is 0 Å². The van der Waals surface area contributed by atoms with E-state index in [4.69, 9.17) is 14.2 Å². The molecule has 0 amide bonds. The van der Waals surface area contributed by atoms with Crippen molar-refractivity contribution in [3.8, 4) is 17.2 Å². The second-order valence-electron chi connectivity index (χ2n) is 7.26. The molecule has 0 bridgehead atoms. The van der Waals surface area contributed by atoms with Crippen molar-refractivity contribution < 1.29 is 14.2 Å². The van der Waals surface area contributed by atoms with E-state index in [-0.39, 0.29) is 0 Å². The van der Waals surface area contributed by atoms with Gasteiger partial charge in [-0.25, -0.2) is 4.98 Å². The monoisotopic (exact) mass is 381 g/mol. The Morgan fingerprint density at radius 2 is 1.86 bits per heavy atom. The lowest BCUT2D eigenvalue weighted by molar-refractivity contribution is 0.196. The van der Waals surface area contributed by atoms with E-state index in [1.165, 1.54) is 23.9 Å². The molecule has 28 heavy (non-hydrogen) atoms. The molecule has 1 aliphatic heterocycles. The lowest BCUT2D eigenvalue weighted by atomic mass is 9.94. The molecule has 0 spiro atoms. The van der Waals surface area contributed by atoms with Crippen LogP contribution in [0, 0.1) is 0 Å². The van der Waals surface area contributed by atoms with Gasteiger partial charge in [0.25, 0.3) is 0 Å². The van der Waals surface area contributed by atoms with E-state index >= 15 is 0 Å². The number of pyridine rings is 1. The lowest BCUT2D eigenvalue weighted by Gasteiger charge is -2.32. The minimum absolute atomic E-state index is 0.481. The van der Waals surface area contributed by atoms with Gasteiger partial charge in [0.15, 0.2) is 11.5 Å². The summed E-state index contributed by atoms with van der Waals surface area (Å²) in [6.07, 6.45) is 4.19. The number of nitrogens with one attached hydrogen (secondary N) is 1. The topological polar surface area (TPSA) is 59.6 Å². The summed E-state index contributed by atoms with van der Waals surface area (Å²) in [5.41, 5.74) is 3.35. The number of methoxy groups -OCH3 is 3. The van der Waals surface area contributed by atoms with Gasteiger partial charge in [0, 0.05) is 47.9 Å². The van der Waals surface area contributed by atoms with Crippen LogP contribution in [-0.2, 0) is 6.54 Å². The molecule has 3 aromatic rings. The number of aromatic amines is 1. The number of hydrogen-bond acceptors (Lipinski definition) is 5. The molecule has 2 aromatic heterocycles. The number of likely N-dealkylation sites (tertiary alicyclic amines) is 1. The van der Waals surface area contributed by atoms with Gasteiger partial charge in [-0.2, -0.15) is 0 Å². The highest BCUT2D eigenvalue weighted by atomic mass is 16.5. The fourth-order valence-electron chi connectivity index (χ4n) is 4.11. The Kier molecular flexibility index (Phi) is 5.39. The number of ether oxygens (including phenoxy) is 3. The van der Waals surface area contributed by atoms with Crippen LogP contribution >= 0.6 is 0 Å². The molecule has 6 nitrogen and oxygen atoms in total. The minimum Gasteiger partial charge on any atom is -0.496 e. The summed E-state index contributed by atoms with van der Waals surface area (Å²) in [6.45, 7) is 2.90. The predicted octanol–water partition coefficient (Wildman–Crippen LogP) is 3.97. The number of H-pyrrole nitrogens is 1. The number of benzene rings is 1. The van der Waals surface area contributed by atoms with Crippen molar-refractivity contribution in [3.63, 3.8) is 0 Å². The summed E-state index contributed by atoms with van der Waals surface area (Å²) in [5, 5.41) is 1.18. The standard InChI is InChI=1S/C22H27N3O3/c1-26-19-12-21(28-3)20(27-2)11-17(19)14-25-9-5-7-16(13-25)18-10-15-6-4-8-23-22(15)24-18/h4,6,8,10-12,16H,5,7,9,13-14H2,1-3H3,(H,23,24). The Labute approximate surface area is 165 Å². The van der Waals surface area contributed by atoms with Gasteiger partial charge in [-0.3, -0.25) is 4.90 Å². The van der Waals surface area contributed by atoms with Crippen molar-refractivity contribution in [2.75, 3.05) is 34.4 Å². The number of fused-ring (bicyclic) bond motifs is 1. The zero-order chi connectivity index (χ0) is 19.5. The molecule has 0 radical (unpaired) electrons. The van der Waals surface area contributed by atoms with Gasteiger partial charge in [0.05, 0.1) is 21.3 Å². The third kappa shape index (κ3) is 3.64. The van der Waals surface area contributed by atoms with Gasteiger partial charge in [0.2, 0.25) is 0 Å². The summed E-state index contributed by atoms with van der Waals surface area (Å²) in [6, 6.07) is 10.3. The predicted molar refractivity (Wildman–Crippen MR) is 109 cm³/mol. The van der Waals surface area contributed by atoms with Crippen LogP contribution in [-0.4, -0.2) is 49.3 Å². The van der Waals surface area contributed by atoms with Crippen LogP contribution < -0.4 is 14.2 Å². The van der Waals surface area contributed by atoms with Crippen LogP contribution in [0.15, 0.2) is 36.5 Å². The number of hydrogen-bond donors (Lipinski definition) is 1. The maximum Gasteiger partial charge on any atom is 0.164 e. The largest absolute Gasteiger partial charge is 0.496 e. The summed E-state index contributed by atoms with van der Waals surface area (Å²) in [5.74, 6) is 2.72. The quantitative estimate of drug-likeness (QED) is 0.700. The molecule has 1 saturated heterocycles. The fourth-order valence-corrected chi connectivity index (χ4v) is 4.11. The Morgan fingerprint density at radius 3 is 2.61 bits per heavy atom. The first-order valence-corrected chi connectivity index (χ1v) is 9.66. The molecule has 0 saturated carbocycles. The molecule has 1 unspecified atom stereocenters. The smallest absolute Gasteiger partial charge is 0.164 e. The summed E-state index contributed by atoms with van der Waals surface area (Å²) in [7, 11) is 5.00. The van der Waals surface area contributed by atoms with E-state index in [9.17, 15) is 0 Å². The average molecular weight is 381 g/mol. The Hall–Kier alpha value is -2.73. The number of aromatic nitrogens is 2. The summed E-state index contributed by atoms with van der Waals surface area (Å²) >= 11 is 0. The van der Waals surface area contributed by atoms with Gasteiger partial charge < -0.3 is 19.2 Å². The van der Waals surface area contributed by atoms with Gasteiger partial charge >= 0.3 is 0 Å².